The second-order valence-corrected chi connectivity index (χ2v) is 7.99. The smallest absolute Gasteiger partial charge is 0.237 e. The number of phenolic OH excluding ortho intramolecular Hbond substituents is 1. The number of piperidine rings is 1. The fraction of sp³-hybridized carbons (Fsp3) is 0.409. The lowest BCUT2D eigenvalue weighted by molar-refractivity contribution is -0.147. The summed E-state index contributed by atoms with van der Waals surface area (Å²) in [5.74, 6) is 1.04. The number of carbonyl (C=O) groups excluding carboxylic acids is 1. The Morgan fingerprint density at radius 1 is 1.14 bits per heavy atom. The van der Waals surface area contributed by atoms with Crippen LogP contribution in [-0.2, 0) is 11.3 Å². The zero-order valence-corrected chi connectivity index (χ0v) is 16.5. The number of carbonyl (C=O) groups is 1. The fourth-order valence-corrected chi connectivity index (χ4v) is 4.48. The standard InChI is InChI=1S/C22H25ClN2O3/c23-17-5-3-4-16(12-17)13-25-21(15-28-19-9-7-18(26)8-10-19)20-6-1-2-11-24(20)14-22(25)27/h3-5,7-10,12,20-21,26H,1-2,6,11,13-15H2. The lowest BCUT2D eigenvalue weighted by Gasteiger charge is -2.49. The summed E-state index contributed by atoms with van der Waals surface area (Å²) in [4.78, 5) is 17.2. The number of rotatable bonds is 5. The molecular formula is C22H25ClN2O3. The van der Waals surface area contributed by atoms with Gasteiger partial charge in [0.15, 0.2) is 0 Å². The topological polar surface area (TPSA) is 53.0 Å². The molecule has 0 radical (unpaired) electrons. The molecule has 2 atom stereocenters. The van der Waals surface area contributed by atoms with Crippen molar-refractivity contribution in [1.82, 2.24) is 9.80 Å². The van der Waals surface area contributed by atoms with Crippen LogP contribution >= 0.6 is 11.6 Å². The van der Waals surface area contributed by atoms with Crippen molar-refractivity contribution < 1.29 is 14.6 Å². The summed E-state index contributed by atoms with van der Waals surface area (Å²) in [6, 6.07) is 14.7. The number of nitrogens with zero attached hydrogens (tertiary/aromatic N) is 2. The van der Waals surface area contributed by atoms with Gasteiger partial charge >= 0.3 is 0 Å². The molecule has 2 aliphatic heterocycles. The number of ether oxygens (including phenoxy) is 1. The minimum Gasteiger partial charge on any atom is -0.508 e. The molecule has 28 heavy (non-hydrogen) atoms. The van der Waals surface area contributed by atoms with E-state index >= 15 is 0 Å². The molecule has 2 aliphatic rings. The summed E-state index contributed by atoms with van der Waals surface area (Å²) in [6.07, 6.45) is 3.39. The number of amides is 1. The SMILES string of the molecule is O=C1CN2CCCCC2C(COc2ccc(O)cc2)N1Cc1cccc(Cl)c1. The van der Waals surface area contributed by atoms with Crippen LogP contribution in [0.4, 0.5) is 0 Å². The van der Waals surface area contributed by atoms with Crippen LogP contribution in [0.15, 0.2) is 48.5 Å². The lowest BCUT2D eigenvalue weighted by atomic mass is 9.91. The molecule has 2 fully saturated rings. The van der Waals surface area contributed by atoms with Crippen LogP contribution in [0.5, 0.6) is 11.5 Å². The highest BCUT2D eigenvalue weighted by Crippen LogP contribution is 2.29. The van der Waals surface area contributed by atoms with Crippen molar-refractivity contribution in [3.8, 4) is 11.5 Å². The van der Waals surface area contributed by atoms with E-state index in [-0.39, 0.29) is 17.7 Å². The fourth-order valence-electron chi connectivity index (χ4n) is 4.27. The van der Waals surface area contributed by atoms with Gasteiger partial charge in [-0.2, -0.15) is 0 Å². The Kier molecular flexibility index (Phi) is 5.74. The van der Waals surface area contributed by atoms with Crippen molar-refractivity contribution in [3.05, 3.63) is 59.1 Å². The van der Waals surface area contributed by atoms with Gasteiger partial charge in [-0.05, 0) is 61.3 Å². The summed E-state index contributed by atoms with van der Waals surface area (Å²) in [5.41, 5.74) is 1.03. The highest BCUT2D eigenvalue weighted by Gasteiger charge is 2.41. The van der Waals surface area contributed by atoms with Gasteiger partial charge < -0.3 is 14.7 Å². The number of halogens is 1. The van der Waals surface area contributed by atoms with Gasteiger partial charge in [-0.15, -0.1) is 0 Å². The molecule has 148 valence electrons. The molecule has 2 heterocycles. The van der Waals surface area contributed by atoms with Crippen LogP contribution in [0.25, 0.3) is 0 Å². The normalized spacial score (nSPS) is 22.8. The summed E-state index contributed by atoms with van der Waals surface area (Å²) < 4.78 is 6.03. The lowest BCUT2D eigenvalue weighted by Crippen LogP contribution is -2.64. The third-order valence-corrected chi connectivity index (χ3v) is 5.90. The molecule has 2 aromatic carbocycles. The number of fused-ring (bicyclic) bond motifs is 1. The van der Waals surface area contributed by atoms with Gasteiger partial charge in [-0.1, -0.05) is 30.2 Å². The first-order valence-corrected chi connectivity index (χ1v) is 10.2. The zero-order valence-electron chi connectivity index (χ0n) is 15.8. The second-order valence-electron chi connectivity index (χ2n) is 7.56. The van der Waals surface area contributed by atoms with Gasteiger partial charge in [-0.3, -0.25) is 9.69 Å². The maximum atomic E-state index is 13.0. The summed E-state index contributed by atoms with van der Waals surface area (Å²) in [7, 11) is 0. The molecule has 0 aromatic heterocycles. The van der Waals surface area contributed by atoms with Crippen LogP contribution < -0.4 is 4.74 Å². The number of phenols is 1. The summed E-state index contributed by atoms with van der Waals surface area (Å²) in [6.45, 7) is 2.41. The van der Waals surface area contributed by atoms with Crippen molar-refractivity contribution in [2.45, 2.75) is 37.9 Å². The minimum absolute atomic E-state index is 0.0191. The predicted octanol–water partition coefficient (Wildman–Crippen LogP) is 3.69. The average molecular weight is 401 g/mol. The molecule has 2 aromatic rings. The molecule has 6 heteroatoms. The van der Waals surface area contributed by atoms with Crippen molar-refractivity contribution in [2.24, 2.45) is 0 Å². The molecule has 2 saturated heterocycles. The van der Waals surface area contributed by atoms with Crippen LogP contribution in [0.1, 0.15) is 24.8 Å². The molecule has 1 N–H and O–H groups in total. The van der Waals surface area contributed by atoms with Crippen molar-refractivity contribution in [1.29, 1.82) is 0 Å². The Morgan fingerprint density at radius 3 is 2.75 bits per heavy atom. The van der Waals surface area contributed by atoms with Crippen molar-refractivity contribution in [3.63, 3.8) is 0 Å². The van der Waals surface area contributed by atoms with E-state index in [0.29, 0.717) is 36.5 Å². The molecule has 2 unspecified atom stereocenters. The molecule has 1 amide bonds. The van der Waals surface area contributed by atoms with Crippen LogP contribution in [0.2, 0.25) is 5.02 Å². The Labute approximate surface area is 170 Å². The summed E-state index contributed by atoms with van der Waals surface area (Å²) >= 11 is 6.14. The van der Waals surface area contributed by atoms with E-state index in [1.807, 2.05) is 29.2 Å². The highest BCUT2D eigenvalue weighted by atomic mass is 35.5. The van der Waals surface area contributed by atoms with Gasteiger partial charge in [0, 0.05) is 17.6 Å². The first kappa shape index (κ1) is 19.1. The predicted molar refractivity (Wildman–Crippen MR) is 109 cm³/mol. The number of piperazine rings is 1. The molecule has 0 bridgehead atoms. The molecule has 0 aliphatic carbocycles. The maximum absolute atomic E-state index is 13.0. The van der Waals surface area contributed by atoms with E-state index in [9.17, 15) is 9.90 Å². The molecular weight excluding hydrogens is 376 g/mol. The largest absolute Gasteiger partial charge is 0.508 e. The quantitative estimate of drug-likeness (QED) is 0.831. The Bertz CT molecular complexity index is 827. The van der Waals surface area contributed by atoms with E-state index in [2.05, 4.69) is 4.90 Å². The van der Waals surface area contributed by atoms with E-state index in [4.69, 9.17) is 16.3 Å². The highest BCUT2D eigenvalue weighted by molar-refractivity contribution is 6.30. The Balaban J connectivity index is 1.55. The average Bonchev–Trinajstić information content (AvgIpc) is 2.69. The second kappa shape index (κ2) is 8.41. The number of hydrogen-bond acceptors (Lipinski definition) is 4. The van der Waals surface area contributed by atoms with Crippen molar-refractivity contribution >= 4 is 17.5 Å². The first-order chi connectivity index (χ1) is 13.6. The van der Waals surface area contributed by atoms with Gasteiger partial charge in [0.1, 0.15) is 18.1 Å². The Hall–Kier alpha value is -2.24. The van der Waals surface area contributed by atoms with E-state index < -0.39 is 0 Å². The molecule has 5 nitrogen and oxygen atoms in total. The van der Waals surface area contributed by atoms with Crippen LogP contribution in [0, 0.1) is 0 Å². The van der Waals surface area contributed by atoms with E-state index in [1.165, 1.54) is 6.42 Å². The molecule has 0 spiro atoms. The van der Waals surface area contributed by atoms with Gasteiger partial charge in [0.2, 0.25) is 5.91 Å². The van der Waals surface area contributed by atoms with E-state index in [1.54, 1.807) is 24.3 Å². The van der Waals surface area contributed by atoms with E-state index in [0.717, 1.165) is 24.9 Å². The van der Waals surface area contributed by atoms with Gasteiger partial charge in [0.05, 0.1) is 12.6 Å². The summed E-state index contributed by atoms with van der Waals surface area (Å²) in [5, 5.41) is 10.1. The monoisotopic (exact) mass is 400 g/mol. The number of hydrogen-bond donors (Lipinski definition) is 1. The first-order valence-electron chi connectivity index (χ1n) is 9.80. The van der Waals surface area contributed by atoms with Crippen LogP contribution in [-0.4, -0.2) is 52.6 Å². The minimum atomic E-state index is -0.0191. The van der Waals surface area contributed by atoms with Crippen molar-refractivity contribution in [2.75, 3.05) is 19.7 Å². The zero-order chi connectivity index (χ0) is 19.5. The number of aromatic hydroxyl groups is 1. The third kappa shape index (κ3) is 4.26. The molecule has 4 rings (SSSR count). The van der Waals surface area contributed by atoms with Gasteiger partial charge in [-0.25, -0.2) is 0 Å². The third-order valence-electron chi connectivity index (χ3n) is 5.67. The van der Waals surface area contributed by atoms with Crippen LogP contribution in [0.3, 0.4) is 0 Å². The molecule has 0 saturated carbocycles. The maximum Gasteiger partial charge on any atom is 0.237 e. The number of benzene rings is 2. The van der Waals surface area contributed by atoms with Gasteiger partial charge in [0.25, 0.3) is 0 Å². The Morgan fingerprint density at radius 2 is 1.96 bits per heavy atom.